The Bertz CT molecular complexity index is 60.6. The van der Waals surface area contributed by atoms with Gasteiger partial charge in [0.25, 0.3) is 0 Å². The minimum absolute atomic E-state index is 0. The Morgan fingerprint density at radius 2 is 1.20 bits per heavy atom. The summed E-state index contributed by atoms with van der Waals surface area (Å²) in [5.74, 6) is 0. The first kappa shape index (κ1) is 13.5. The molecule has 0 saturated heterocycles. The molecule has 0 aromatic heterocycles. The lowest BCUT2D eigenvalue weighted by atomic mass is 10.2. The van der Waals surface area contributed by atoms with Crippen molar-refractivity contribution in [2.75, 3.05) is 0 Å². The van der Waals surface area contributed by atoms with Gasteiger partial charge in [0.05, 0.1) is 6.10 Å². The van der Waals surface area contributed by atoms with Gasteiger partial charge in [-0.15, -0.1) is 34.0 Å². The molecular weight excluding hydrogens is 260 g/mol. The normalized spacial score (nSPS) is 20.1. The van der Waals surface area contributed by atoms with Crippen LogP contribution in [-0.4, -0.2) is 11.2 Å². The van der Waals surface area contributed by atoms with Crippen LogP contribution in [0.4, 0.5) is 0 Å². The van der Waals surface area contributed by atoms with Gasteiger partial charge in [0.2, 0.25) is 0 Å². The number of halogens is 2. The highest BCUT2D eigenvalue weighted by atomic mass is 79.9. The van der Waals surface area contributed by atoms with Crippen LogP contribution in [0.15, 0.2) is 0 Å². The number of hydrogen-bond donors (Lipinski definition) is 1. The van der Waals surface area contributed by atoms with Gasteiger partial charge in [0.15, 0.2) is 0 Å². The van der Waals surface area contributed by atoms with Gasteiger partial charge in [0.1, 0.15) is 0 Å². The summed E-state index contributed by atoms with van der Waals surface area (Å²) in [7, 11) is 0. The van der Waals surface area contributed by atoms with E-state index in [1.54, 1.807) is 0 Å². The molecule has 0 radical (unpaired) electrons. The molecule has 1 aliphatic carbocycles. The van der Waals surface area contributed by atoms with Crippen LogP contribution >= 0.6 is 34.0 Å². The van der Waals surface area contributed by atoms with Crippen molar-refractivity contribution >= 4 is 34.0 Å². The predicted octanol–water partition coefficient (Wildman–Crippen LogP) is 2.86. The maximum Gasteiger partial charge on any atom is 0.0540 e. The molecule has 64 valence electrons. The third kappa shape index (κ3) is 5.69. The standard InChI is InChI=1S/C7H14O.2BrH/c8-7-5-3-1-2-4-6-7;;/h7-8H,1-6H2;2*1H. The van der Waals surface area contributed by atoms with Crippen molar-refractivity contribution in [3.8, 4) is 0 Å². The van der Waals surface area contributed by atoms with E-state index in [0.29, 0.717) is 0 Å². The predicted molar refractivity (Wildman–Crippen MR) is 54.4 cm³/mol. The molecule has 0 bridgehead atoms. The molecule has 0 amide bonds. The average molecular weight is 276 g/mol. The summed E-state index contributed by atoms with van der Waals surface area (Å²) in [6.07, 6.45) is 7.24. The molecular formula is C7H16Br2O. The fraction of sp³-hybridized carbons (Fsp3) is 1.00. The molecule has 0 atom stereocenters. The van der Waals surface area contributed by atoms with E-state index in [-0.39, 0.29) is 40.1 Å². The number of hydrogen-bond acceptors (Lipinski definition) is 1. The van der Waals surface area contributed by atoms with Gasteiger partial charge in [-0.2, -0.15) is 0 Å². The second-order valence-corrected chi connectivity index (χ2v) is 2.65. The van der Waals surface area contributed by atoms with Gasteiger partial charge in [-0.05, 0) is 12.8 Å². The molecule has 0 heterocycles. The highest BCUT2D eigenvalue weighted by Crippen LogP contribution is 2.16. The summed E-state index contributed by atoms with van der Waals surface area (Å²) >= 11 is 0. The van der Waals surface area contributed by atoms with Gasteiger partial charge >= 0.3 is 0 Å². The molecule has 1 fully saturated rings. The van der Waals surface area contributed by atoms with E-state index in [4.69, 9.17) is 5.11 Å². The van der Waals surface area contributed by atoms with E-state index < -0.39 is 0 Å². The second-order valence-electron chi connectivity index (χ2n) is 2.65. The number of aliphatic hydroxyl groups is 1. The van der Waals surface area contributed by atoms with Crippen LogP contribution < -0.4 is 0 Å². The van der Waals surface area contributed by atoms with Crippen LogP contribution in [0.25, 0.3) is 0 Å². The van der Waals surface area contributed by atoms with Crippen LogP contribution in [0.5, 0.6) is 0 Å². The monoisotopic (exact) mass is 274 g/mol. The van der Waals surface area contributed by atoms with Crippen molar-refractivity contribution in [3.05, 3.63) is 0 Å². The first-order valence-corrected chi connectivity index (χ1v) is 3.57. The van der Waals surface area contributed by atoms with Crippen molar-refractivity contribution in [3.63, 3.8) is 0 Å². The van der Waals surface area contributed by atoms with Crippen molar-refractivity contribution in [2.24, 2.45) is 0 Å². The van der Waals surface area contributed by atoms with Crippen LogP contribution in [0.3, 0.4) is 0 Å². The quantitative estimate of drug-likeness (QED) is 0.674. The summed E-state index contributed by atoms with van der Waals surface area (Å²) in [5.41, 5.74) is 0. The Balaban J connectivity index is 0. The minimum atomic E-state index is 0. The van der Waals surface area contributed by atoms with Crippen molar-refractivity contribution in [1.82, 2.24) is 0 Å². The molecule has 0 spiro atoms. The van der Waals surface area contributed by atoms with Crippen LogP contribution in [0.1, 0.15) is 38.5 Å². The highest BCUT2D eigenvalue weighted by Gasteiger charge is 2.06. The average Bonchev–Trinajstić information content (AvgIpc) is 1.94. The van der Waals surface area contributed by atoms with E-state index in [1.807, 2.05) is 0 Å². The lowest BCUT2D eigenvalue weighted by molar-refractivity contribution is 0.157. The molecule has 1 rings (SSSR count). The molecule has 3 heteroatoms. The third-order valence-corrected chi connectivity index (χ3v) is 1.82. The lowest BCUT2D eigenvalue weighted by Gasteiger charge is -2.02. The van der Waals surface area contributed by atoms with Gasteiger partial charge in [-0.1, -0.05) is 25.7 Å². The SMILES string of the molecule is Br.Br.OC1CCCCCC1. The van der Waals surface area contributed by atoms with E-state index in [0.717, 1.165) is 12.8 Å². The van der Waals surface area contributed by atoms with E-state index in [9.17, 15) is 0 Å². The zero-order valence-electron chi connectivity index (χ0n) is 6.08. The molecule has 10 heavy (non-hydrogen) atoms. The molecule has 0 aromatic rings. The summed E-state index contributed by atoms with van der Waals surface area (Å²) in [6, 6.07) is 0. The fourth-order valence-electron chi connectivity index (χ4n) is 1.26. The van der Waals surface area contributed by atoms with Crippen molar-refractivity contribution in [1.29, 1.82) is 0 Å². The Hall–Kier alpha value is 0.920. The van der Waals surface area contributed by atoms with Crippen LogP contribution in [0.2, 0.25) is 0 Å². The summed E-state index contributed by atoms with van der Waals surface area (Å²) in [6.45, 7) is 0. The van der Waals surface area contributed by atoms with Gasteiger partial charge in [0, 0.05) is 0 Å². The molecule has 1 saturated carbocycles. The maximum atomic E-state index is 9.09. The zero-order valence-corrected chi connectivity index (χ0v) is 9.51. The van der Waals surface area contributed by atoms with E-state index >= 15 is 0 Å². The van der Waals surface area contributed by atoms with Gasteiger partial charge in [-0.25, -0.2) is 0 Å². The number of rotatable bonds is 0. The smallest absolute Gasteiger partial charge is 0.0540 e. The Labute approximate surface area is 83.7 Å². The molecule has 0 aromatic carbocycles. The first-order chi connectivity index (χ1) is 3.89. The van der Waals surface area contributed by atoms with Gasteiger partial charge < -0.3 is 5.11 Å². The number of aliphatic hydroxyl groups excluding tert-OH is 1. The molecule has 1 N–H and O–H groups in total. The second kappa shape index (κ2) is 8.02. The lowest BCUT2D eigenvalue weighted by Crippen LogP contribution is -2.02. The Morgan fingerprint density at radius 3 is 1.60 bits per heavy atom. The first-order valence-electron chi connectivity index (χ1n) is 3.57. The van der Waals surface area contributed by atoms with E-state index in [2.05, 4.69) is 0 Å². The summed E-state index contributed by atoms with van der Waals surface area (Å²) < 4.78 is 0. The summed E-state index contributed by atoms with van der Waals surface area (Å²) in [4.78, 5) is 0. The topological polar surface area (TPSA) is 20.2 Å². The van der Waals surface area contributed by atoms with Crippen LogP contribution in [-0.2, 0) is 0 Å². The highest BCUT2D eigenvalue weighted by molar-refractivity contribution is 8.93. The third-order valence-electron chi connectivity index (χ3n) is 1.82. The van der Waals surface area contributed by atoms with Crippen molar-refractivity contribution < 1.29 is 5.11 Å². The van der Waals surface area contributed by atoms with Crippen LogP contribution in [0, 0.1) is 0 Å². The maximum absolute atomic E-state index is 9.09. The molecule has 1 nitrogen and oxygen atoms in total. The molecule has 0 aliphatic heterocycles. The largest absolute Gasteiger partial charge is 0.393 e. The fourth-order valence-corrected chi connectivity index (χ4v) is 1.26. The molecule has 0 unspecified atom stereocenters. The minimum Gasteiger partial charge on any atom is -0.393 e. The zero-order chi connectivity index (χ0) is 5.82. The van der Waals surface area contributed by atoms with Crippen molar-refractivity contribution in [2.45, 2.75) is 44.6 Å². The Kier molecular flexibility index (Phi) is 10.8. The Morgan fingerprint density at radius 1 is 0.800 bits per heavy atom. The van der Waals surface area contributed by atoms with E-state index in [1.165, 1.54) is 25.7 Å². The molecule has 1 aliphatic rings. The van der Waals surface area contributed by atoms with Gasteiger partial charge in [-0.3, -0.25) is 0 Å². The summed E-state index contributed by atoms with van der Waals surface area (Å²) in [5, 5.41) is 9.09.